The molecule has 0 radical (unpaired) electrons. The van der Waals surface area contributed by atoms with Crippen molar-refractivity contribution in [3.05, 3.63) is 95.0 Å². The van der Waals surface area contributed by atoms with Crippen LogP contribution in [0.2, 0.25) is 5.02 Å². The molecule has 0 saturated carbocycles. The molecule has 4 nitrogen and oxygen atoms in total. The van der Waals surface area contributed by atoms with Gasteiger partial charge in [-0.15, -0.1) is 0 Å². The summed E-state index contributed by atoms with van der Waals surface area (Å²) in [6, 6.07) is 23.2. The van der Waals surface area contributed by atoms with Gasteiger partial charge in [-0.25, -0.2) is 0 Å². The van der Waals surface area contributed by atoms with Gasteiger partial charge in [-0.2, -0.15) is 0 Å². The second-order valence-corrected chi connectivity index (χ2v) is 6.19. The summed E-state index contributed by atoms with van der Waals surface area (Å²) in [5, 5.41) is 6.14. The second-order valence-electron chi connectivity index (χ2n) is 5.75. The molecule has 0 aliphatic heterocycles. The minimum absolute atomic E-state index is 0.0908. The average Bonchev–Trinajstić information content (AvgIpc) is 2.64. The zero-order valence-corrected chi connectivity index (χ0v) is 14.7. The Kier molecular flexibility index (Phi) is 5.66. The molecule has 0 spiro atoms. The van der Waals surface area contributed by atoms with E-state index in [4.69, 9.17) is 11.6 Å². The van der Waals surface area contributed by atoms with Gasteiger partial charge in [-0.05, 0) is 48.0 Å². The zero-order chi connectivity index (χ0) is 18.4. The summed E-state index contributed by atoms with van der Waals surface area (Å²) in [6.07, 6.45) is 0.314. The lowest BCUT2D eigenvalue weighted by molar-refractivity contribution is -0.115. The molecule has 0 unspecified atom stereocenters. The van der Waals surface area contributed by atoms with Crippen LogP contribution in [0.25, 0.3) is 0 Å². The summed E-state index contributed by atoms with van der Waals surface area (Å²) in [6.45, 7) is 0. The highest BCUT2D eigenvalue weighted by Gasteiger charge is 2.07. The molecular formula is C21H17ClN2O2. The fraction of sp³-hybridized carbons (Fsp3) is 0.0476. The lowest BCUT2D eigenvalue weighted by Gasteiger charge is -2.08. The predicted molar refractivity (Wildman–Crippen MR) is 105 cm³/mol. The molecule has 5 heteroatoms. The first kappa shape index (κ1) is 17.7. The molecule has 0 aromatic heterocycles. The van der Waals surface area contributed by atoms with Crippen molar-refractivity contribution in [1.29, 1.82) is 0 Å². The molecule has 3 aromatic rings. The fourth-order valence-corrected chi connectivity index (χ4v) is 2.65. The molecule has 0 bridgehead atoms. The Morgan fingerprint density at radius 3 is 2.08 bits per heavy atom. The molecular weight excluding hydrogens is 348 g/mol. The second kappa shape index (κ2) is 8.32. The van der Waals surface area contributed by atoms with Gasteiger partial charge in [0.15, 0.2) is 0 Å². The van der Waals surface area contributed by atoms with E-state index >= 15 is 0 Å². The molecule has 0 saturated heterocycles. The van der Waals surface area contributed by atoms with Crippen molar-refractivity contribution in [3.63, 3.8) is 0 Å². The summed E-state index contributed by atoms with van der Waals surface area (Å²) in [4.78, 5) is 24.3. The highest BCUT2D eigenvalue weighted by atomic mass is 35.5. The Labute approximate surface area is 156 Å². The topological polar surface area (TPSA) is 58.2 Å². The minimum atomic E-state index is -0.242. The number of rotatable bonds is 5. The van der Waals surface area contributed by atoms with Gasteiger partial charge >= 0.3 is 0 Å². The molecule has 0 heterocycles. The van der Waals surface area contributed by atoms with Gasteiger partial charge in [0.1, 0.15) is 0 Å². The lowest BCUT2D eigenvalue weighted by atomic mass is 10.1. The molecule has 130 valence electrons. The van der Waals surface area contributed by atoms with Gasteiger partial charge in [0.25, 0.3) is 5.91 Å². The maximum atomic E-state index is 12.2. The van der Waals surface area contributed by atoms with E-state index in [1.54, 1.807) is 48.5 Å². The van der Waals surface area contributed by atoms with Crippen LogP contribution < -0.4 is 10.6 Å². The first-order chi connectivity index (χ1) is 12.6. The number of hydrogen-bond acceptors (Lipinski definition) is 2. The smallest absolute Gasteiger partial charge is 0.255 e. The van der Waals surface area contributed by atoms with Crippen LogP contribution >= 0.6 is 11.6 Å². The standard InChI is InChI=1S/C21H17ClN2O2/c22-17-8-4-7-16(14-17)21(26)24-19-11-9-18(10-12-19)23-20(25)13-15-5-2-1-3-6-15/h1-12,14H,13H2,(H,23,25)(H,24,26). The van der Waals surface area contributed by atoms with Gasteiger partial charge in [0, 0.05) is 22.0 Å². The third-order valence-corrected chi connectivity index (χ3v) is 3.96. The Balaban J connectivity index is 1.58. The number of hydrogen-bond donors (Lipinski definition) is 2. The van der Waals surface area contributed by atoms with Crippen LogP contribution in [0, 0.1) is 0 Å². The third-order valence-electron chi connectivity index (χ3n) is 3.72. The number of amides is 2. The van der Waals surface area contributed by atoms with Gasteiger partial charge in [-0.1, -0.05) is 48.0 Å². The Morgan fingerprint density at radius 2 is 1.42 bits per heavy atom. The van der Waals surface area contributed by atoms with E-state index in [9.17, 15) is 9.59 Å². The van der Waals surface area contributed by atoms with Crippen molar-refractivity contribution in [2.45, 2.75) is 6.42 Å². The molecule has 2 N–H and O–H groups in total. The van der Waals surface area contributed by atoms with E-state index in [2.05, 4.69) is 10.6 Å². The van der Waals surface area contributed by atoms with Gasteiger partial charge < -0.3 is 10.6 Å². The molecule has 0 atom stereocenters. The summed E-state index contributed by atoms with van der Waals surface area (Å²) in [5.41, 5.74) is 2.75. The van der Waals surface area contributed by atoms with Gasteiger partial charge in [0.2, 0.25) is 5.91 Å². The van der Waals surface area contributed by atoms with Crippen molar-refractivity contribution in [3.8, 4) is 0 Å². The van der Waals surface area contributed by atoms with Crippen molar-refractivity contribution in [1.82, 2.24) is 0 Å². The van der Waals surface area contributed by atoms with Crippen LogP contribution in [0.5, 0.6) is 0 Å². The number of benzene rings is 3. The molecule has 3 aromatic carbocycles. The maximum absolute atomic E-state index is 12.2. The van der Waals surface area contributed by atoms with Crippen molar-refractivity contribution >= 4 is 34.8 Å². The SMILES string of the molecule is O=C(Cc1ccccc1)Nc1ccc(NC(=O)c2cccc(Cl)c2)cc1. The molecule has 3 rings (SSSR count). The molecule has 26 heavy (non-hydrogen) atoms. The number of carbonyl (C=O) groups excluding carboxylic acids is 2. The van der Waals surface area contributed by atoms with Crippen LogP contribution in [0.15, 0.2) is 78.9 Å². The summed E-state index contributed by atoms with van der Waals surface area (Å²) in [7, 11) is 0. The molecule has 0 aliphatic carbocycles. The first-order valence-electron chi connectivity index (χ1n) is 8.11. The lowest BCUT2D eigenvalue weighted by Crippen LogP contribution is -2.14. The monoisotopic (exact) mass is 364 g/mol. The fourth-order valence-electron chi connectivity index (χ4n) is 2.46. The highest BCUT2D eigenvalue weighted by Crippen LogP contribution is 2.16. The summed E-state index contributed by atoms with van der Waals surface area (Å²) in [5.74, 6) is -0.333. The van der Waals surface area contributed by atoms with E-state index in [-0.39, 0.29) is 11.8 Å². The van der Waals surface area contributed by atoms with Crippen molar-refractivity contribution in [2.75, 3.05) is 10.6 Å². The van der Waals surface area contributed by atoms with E-state index in [0.29, 0.717) is 28.4 Å². The van der Waals surface area contributed by atoms with Gasteiger partial charge in [0.05, 0.1) is 6.42 Å². The predicted octanol–water partition coefficient (Wildman–Crippen LogP) is 4.77. The molecule has 0 fully saturated rings. The first-order valence-corrected chi connectivity index (χ1v) is 8.49. The Hall–Kier alpha value is -3.11. The van der Waals surface area contributed by atoms with Crippen LogP contribution in [-0.2, 0) is 11.2 Å². The van der Waals surface area contributed by atoms with Crippen LogP contribution in [-0.4, -0.2) is 11.8 Å². The van der Waals surface area contributed by atoms with E-state index in [1.807, 2.05) is 30.3 Å². The zero-order valence-electron chi connectivity index (χ0n) is 13.9. The third kappa shape index (κ3) is 4.94. The van der Waals surface area contributed by atoms with E-state index in [1.165, 1.54) is 0 Å². The van der Waals surface area contributed by atoms with Crippen LogP contribution in [0.3, 0.4) is 0 Å². The Bertz CT molecular complexity index is 909. The van der Waals surface area contributed by atoms with Crippen LogP contribution in [0.1, 0.15) is 15.9 Å². The van der Waals surface area contributed by atoms with E-state index < -0.39 is 0 Å². The maximum Gasteiger partial charge on any atom is 0.255 e. The molecule has 0 aliphatic rings. The Morgan fingerprint density at radius 1 is 0.769 bits per heavy atom. The number of anilines is 2. The summed E-state index contributed by atoms with van der Waals surface area (Å²) < 4.78 is 0. The van der Waals surface area contributed by atoms with Crippen molar-refractivity contribution < 1.29 is 9.59 Å². The minimum Gasteiger partial charge on any atom is -0.326 e. The highest BCUT2D eigenvalue weighted by molar-refractivity contribution is 6.31. The number of carbonyl (C=O) groups is 2. The molecule has 2 amide bonds. The quantitative estimate of drug-likeness (QED) is 0.684. The number of nitrogens with one attached hydrogen (secondary N) is 2. The largest absolute Gasteiger partial charge is 0.326 e. The average molecular weight is 365 g/mol. The van der Waals surface area contributed by atoms with Crippen LogP contribution in [0.4, 0.5) is 11.4 Å². The summed E-state index contributed by atoms with van der Waals surface area (Å²) >= 11 is 5.90. The van der Waals surface area contributed by atoms with Crippen molar-refractivity contribution in [2.24, 2.45) is 0 Å². The number of halogens is 1. The van der Waals surface area contributed by atoms with Gasteiger partial charge in [-0.3, -0.25) is 9.59 Å². The van der Waals surface area contributed by atoms with E-state index in [0.717, 1.165) is 5.56 Å². The normalized spacial score (nSPS) is 10.2.